The van der Waals surface area contributed by atoms with E-state index in [1.54, 1.807) is 6.07 Å². The first-order valence-electron chi connectivity index (χ1n) is 6.80. The van der Waals surface area contributed by atoms with Gasteiger partial charge in [-0.25, -0.2) is 9.18 Å². The number of halogens is 1. The Balaban J connectivity index is 1.92. The second kappa shape index (κ2) is 6.66. The molecule has 1 aromatic carbocycles. The average Bonchev–Trinajstić information content (AvgIpc) is 2.64. The summed E-state index contributed by atoms with van der Waals surface area (Å²) in [7, 11) is 0. The highest BCUT2D eigenvalue weighted by atomic mass is 19.1. The van der Waals surface area contributed by atoms with Crippen molar-refractivity contribution in [1.29, 1.82) is 0 Å². The van der Waals surface area contributed by atoms with Crippen molar-refractivity contribution in [2.24, 2.45) is 0 Å². The Morgan fingerprint density at radius 2 is 1.95 bits per heavy atom. The molecule has 0 saturated heterocycles. The van der Waals surface area contributed by atoms with Crippen LogP contribution in [0, 0.1) is 5.82 Å². The van der Waals surface area contributed by atoms with Gasteiger partial charge in [0.2, 0.25) is 0 Å². The summed E-state index contributed by atoms with van der Waals surface area (Å²) in [5.41, 5.74) is 0.393. The zero-order valence-electron chi connectivity index (χ0n) is 10.9. The van der Waals surface area contributed by atoms with Gasteiger partial charge in [0.05, 0.1) is 18.3 Å². The molecule has 0 heterocycles. The summed E-state index contributed by atoms with van der Waals surface area (Å²) in [4.78, 5) is 10.7. The van der Waals surface area contributed by atoms with E-state index in [9.17, 15) is 9.18 Å². The molecule has 2 rings (SSSR count). The Morgan fingerprint density at radius 1 is 1.26 bits per heavy atom. The van der Waals surface area contributed by atoms with E-state index >= 15 is 0 Å². The number of hydrogen-bond acceptors (Lipinski definition) is 2. The molecule has 1 aliphatic rings. The summed E-state index contributed by atoms with van der Waals surface area (Å²) >= 11 is 0. The van der Waals surface area contributed by atoms with Crippen LogP contribution < -0.4 is 0 Å². The maximum absolute atomic E-state index is 13.5. The third-order valence-corrected chi connectivity index (χ3v) is 3.55. The highest BCUT2D eigenvalue weighted by Gasteiger charge is 2.14. The largest absolute Gasteiger partial charge is 0.478 e. The van der Waals surface area contributed by atoms with Crippen molar-refractivity contribution in [1.82, 2.24) is 0 Å². The van der Waals surface area contributed by atoms with Gasteiger partial charge in [0.15, 0.2) is 0 Å². The number of benzene rings is 1. The minimum absolute atomic E-state index is 0.254. The van der Waals surface area contributed by atoms with Crippen LogP contribution >= 0.6 is 0 Å². The molecule has 1 fully saturated rings. The van der Waals surface area contributed by atoms with Gasteiger partial charge in [0, 0.05) is 0 Å². The van der Waals surface area contributed by atoms with Crippen molar-refractivity contribution >= 4 is 5.97 Å². The van der Waals surface area contributed by atoms with E-state index in [1.807, 2.05) is 0 Å². The molecule has 4 heteroatoms. The molecule has 19 heavy (non-hydrogen) atoms. The molecular weight excluding hydrogens is 247 g/mol. The number of rotatable bonds is 4. The van der Waals surface area contributed by atoms with Crippen LogP contribution in [0.15, 0.2) is 18.2 Å². The van der Waals surface area contributed by atoms with Gasteiger partial charge in [-0.2, -0.15) is 0 Å². The monoisotopic (exact) mass is 266 g/mol. The van der Waals surface area contributed by atoms with Crippen LogP contribution in [-0.4, -0.2) is 17.2 Å². The van der Waals surface area contributed by atoms with Gasteiger partial charge >= 0.3 is 5.97 Å². The molecule has 0 aromatic heterocycles. The fourth-order valence-electron chi connectivity index (χ4n) is 2.44. The van der Waals surface area contributed by atoms with Crippen molar-refractivity contribution in [2.75, 3.05) is 0 Å². The van der Waals surface area contributed by atoms with Crippen LogP contribution in [0.1, 0.15) is 54.4 Å². The van der Waals surface area contributed by atoms with Crippen molar-refractivity contribution < 1.29 is 19.0 Å². The van der Waals surface area contributed by atoms with Crippen molar-refractivity contribution in [3.8, 4) is 0 Å². The van der Waals surface area contributed by atoms with E-state index < -0.39 is 11.8 Å². The number of carbonyl (C=O) groups is 1. The quantitative estimate of drug-likeness (QED) is 0.844. The molecule has 1 saturated carbocycles. The van der Waals surface area contributed by atoms with Crippen LogP contribution in [0.25, 0.3) is 0 Å². The lowest BCUT2D eigenvalue weighted by atomic mass is 10.1. The number of carboxylic acids is 1. The molecule has 1 aliphatic carbocycles. The fraction of sp³-hybridized carbons (Fsp3) is 0.533. The fourth-order valence-corrected chi connectivity index (χ4v) is 2.44. The molecule has 0 spiro atoms. The van der Waals surface area contributed by atoms with E-state index in [4.69, 9.17) is 9.84 Å². The third-order valence-electron chi connectivity index (χ3n) is 3.55. The standard InChI is InChI=1S/C15H19FO3/c16-14-9-11(7-8-13(14)15(17)18)10-19-12-5-3-1-2-4-6-12/h7-9,12H,1-6,10H2,(H,17,18). The first kappa shape index (κ1) is 14.0. The van der Waals surface area contributed by atoms with Gasteiger partial charge in [-0.1, -0.05) is 31.7 Å². The van der Waals surface area contributed by atoms with Crippen molar-refractivity contribution in [3.63, 3.8) is 0 Å². The Kier molecular flexibility index (Phi) is 4.91. The first-order valence-corrected chi connectivity index (χ1v) is 6.80. The molecule has 0 radical (unpaired) electrons. The van der Waals surface area contributed by atoms with E-state index in [0.29, 0.717) is 12.2 Å². The Morgan fingerprint density at radius 3 is 2.53 bits per heavy atom. The van der Waals surface area contributed by atoms with Gasteiger partial charge in [-0.3, -0.25) is 0 Å². The van der Waals surface area contributed by atoms with Crippen LogP contribution in [0.5, 0.6) is 0 Å². The Bertz CT molecular complexity index is 437. The number of hydrogen-bond donors (Lipinski definition) is 1. The lowest BCUT2D eigenvalue weighted by Crippen LogP contribution is -2.11. The summed E-state index contributed by atoms with van der Waals surface area (Å²) in [6.07, 6.45) is 7.30. The highest BCUT2D eigenvalue weighted by molar-refractivity contribution is 5.87. The molecule has 0 aliphatic heterocycles. The SMILES string of the molecule is O=C(O)c1ccc(COC2CCCCCC2)cc1F. The first-order chi connectivity index (χ1) is 9.16. The molecule has 0 unspecified atom stereocenters. The second-order valence-electron chi connectivity index (χ2n) is 5.04. The number of ether oxygens (including phenoxy) is 1. The van der Waals surface area contributed by atoms with Gasteiger partial charge in [0.25, 0.3) is 0 Å². The number of carboxylic acid groups (broad SMARTS) is 1. The topological polar surface area (TPSA) is 46.5 Å². The summed E-state index contributed by atoms with van der Waals surface area (Å²) in [5, 5.41) is 8.75. The van der Waals surface area contributed by atoms with E-state index in [-0.39, 0.29) is 11.7 Å². The van der Waals surface area contributed by atoms with E-state index in [0.717, 1.165) is 12.8 Å². The zero-order chi connectivity index (χ0) is 13.7. The normalized spacial score (nSPS) is 17.1. The smallest absolute Gasteiger partial charge is 0.338 e. The number of aromatic carboxylic acids is 1. The highest BCUT2D eigenvalue weighted by Crippen LogP contribution is 2.21. The molecule has 1 aromatic rings. The van der Waals surface area contributed by atoms with Crippen LogP contribution in [0.3, 0.4) is 0 Å². The van der Waals surface area contributed by atoms with Crippen molar-refractivity contribution in [3.05, 3.63) is 35.1 Å². The second-order valence-corrected chi connectivity index (χ2v) is 5.04. The van der Waals surface area contributed by atoms with Gasteiger partial charge in [0.1, 0.15) is 5.82 Å². The third kappa shape index (κ3) is 4.03. The Hall–Kier alpha value is -1.42. The maximum Gasteiger partial charge on any atom is 0.338 e. The minimum Gasteiger partial charge on any atom is -0.478 e. The predicted octanol–water partition coefficient (Wildman–Crippen LogP) is 3.76. The summed E-state index contributed by atoms with van der Waals surface area (Å²) in [6, 6.07) is 4.16. The van der Waals surface area contributed by atoms with Crippen molar-refractivity contribution in [2.45, 2.75) is 51.2 Å². The summed E-state index contributed by atoms with van der Waals surface area (Å²) in [5.74, 6) is -1.94. The van der Waals surface area contributed by atoms with Gasteiger partial charge in [-0.15, -0.1) is 0 Å². The maximum atomic E-state index is 13.5. The molecule has 104 valence electrons. The Labute approximate surface area is 112 Å². The summed E-state index contributed by atoms with van der Waals surface area (Å²) in [6.45, 7) is 0.349. The van der Waals surface area contributed by atoms with Crippen LogP contribution in [0.4, 0.5) is 4.39 Å². The minimum atomic E-state index is -1.24. The lowest BCUT2D eigenvalue weighted by Gasteiger charge is -2.15. The predicted molar refractivity (Wildman–Crippen MR) is 69.6 cm³/mol. The summed E-state index contributed by atoms with van der Waals surface area (Å²) < 4.78 is 19.3. The van der Waals surface area contributed by atoms with Crippen LogP contribution in [0.2, 0.25) is 0 Å². The van der Waals surface area contributed by atoms with Gasteiger partial charge < -0.3 is 9.84 Å². The molecular formula is C15H19FO3. The molecule has 0 bridgehead atoms. The average molecular weight is 266 g/mol. The van der Waals surface area contributed by atoms with Crippen LogP contribution in [-0.2, 0) is 11.3 Å². The lowest BCUT2D eigenvalue weighted by molar-refractivity contribution is 0.0308. The van der Waals surface area contributed by atoms with E-state index in [1.165, 1.54) is 37.8 Å². The molecule has 0 atom stereocenters. The molecule has 1 N–H and O–H groups in total. The van der Waals surface area contributed by atoms with Gasteiger partial charge in [-0.05, 0) is 30.5 Å². The zero-order valence-corrected chi connectivity index (χ0v) is 10.9. The molecule has 3 nitrogen and oxygen atoms in total. The molecule has 0 amide bonds. The van der Waals surface area contributed by atoms with E-state index in [2.05, 4.69) is 0 Å².